The Hall–Kier alpha value is -6.18. The molecule has 2 aromatic carbocycles. The van der Waals surface area contributed by atoms with Crippen molar-refractivity contribution in [1.29, 1.82) is 0 Å². The molecule has 0 spiro atoms. The number of allylic oxidation sites excluding steroid dienone is 6. The Kier molecular flexibility index (Phi) is 16.4. The second-order valence-corrected chi connectivity index (χ2v) is 24.5. The number of fused-ring (bicyclic) bond motifs is 2. The number of barbiturate groups is 2. The van der Waals surface area contributed by atoms with E-state index in [1.54, 1.807) is 12.2 Å². The third kappa shape index (κ3) is 10.6. The van der Waals surface area contributed by atoms with E-state index in [-0.39, 0.29) is 35.3 Å². The number of benzene rings is 2. The molecule has 78 heavy (non-hydrogen) atoms. The summed E-state index contributed by atoms with van der Waals surface area (Å²) < 4.78 is 12.7. The van der Waals surface area contributed by atoms with Crippen LogP contribution < -0.4 is 19.3 Å². The fraction of sp³-hybridized carbons (Fsp3) is 0.594. The van der Waals surface area contributed by atoms with Gasteiger partial charge in [-0.05, 0) is 149 Å². The van der Waals surface area contributed by atoms with Crippen LogP contribution in [0.25, 0.3) is 0 Å². The van der Waals surface area contributed by atoms with Crippen molar-refractivity contribution >= 4 is 47.1 Å². The minimum atomic E-state index is -0.464. The molecule has 8 aliphatic rings. The monoisotopic (exact) mass is 1060 g/mol. The Balaban J connectivity index is 0.727. The van der Waals surface area contributed by atoms with Gasteiger partial charge in [0.25, 0.3) is 23.6 Å². The summed E-state index contributed by atoms with van der Waals surface area (Å²) in [6.07, 6.45) is 29.4. The first-order valence-electron chi connectivity index (χ1n) is 29.9. The molecule has 10 rings (SSSR count). The molecule has 418 valence electrons. The number of nitrogens with zero attached hydrogens (tertiary/aromatic N) is 6. The molecule has 2 aromatic rings. The highest BCUT2D eigenvalue weighted by Gasteiger charge is 2.50. The first kappa shape index (κ1) is 55.1. The van der Waals surface area contributed by atoms with Gasteiger partial charge in [-0.1, -0.05) is 105 Å². The number of carbonyl (C=O) groups is 6. The maximum Gasteiger partial charge on any atom is 0.334 e. The minimum absolute atomic E-state index is 0.0742. The van der Waals surface area contributed by atoms with Crippen molar-refractivity contribution in [2.75, 3.05) is 37.1 Å². The average molecular weight is 1070 g/mol. The van der Waals surface area contributed by atoms with E-state index in [0.29, 0.717) is 13.2 Å². The van der Waals surface area contributed by atoms with Gasteiger partial charge in [0.1, 0.15) is 22.6 Å². The standard InChI is InChI=1S/C64H84N6O8/c1-63(2)51-41-47(31-35-53(51)65(5)55(63)37-33-49-57(71)67(43-23-13-9-14-24-43)61(75)68(58(49)72)44-25-15-10-16-26-44)77-39-21-7-8-22-40-78-48-32-36-54-52(42-48)64(3,4)56(66(54)6)38-34-50-59(73)69(45-27-17-11-18-28-45)62(76)70(60(50)74)46-29-19-12-20-30-46/h31-38,41-46H,7-30,39-40H2,1-6H3/b55-37-,56-38+. The molecular weight excluding hydrogens is 981 g/mol. The second-order valence-electron chi connectivity index (χ2n) is 24.5. The molecule has 4 aliphatic heterocycles. The number of imide groups is 4. The highest BCUT2D eigenvalue weighted by molar-refractivity contribution is 6.30. The number of hydrogen-bond acceptors (Lipinski definition) is 10. The summed E-state index contributed by atoms with van der Waals surface area (Å²) in [7, 11) is 4.03. The van der Waals surface area contributed by atoms with E-state index < -0.39 is 46.5 Å². The largest absolute Gasteiger partial charge is 0.494 e. The Labute approximate surface area is 462 Å². The number of unbranched alkanes of at least 4 members (excludes halogenated alkanes) is 3. The molecule has 0 radical (unpaired) electrons. The van der Waals surface area contributed by atoms with Crippen molar-refractivity contribution in [3.63, 3.8) is 0 Å². The van der Waals surface area contributed by atoms with Crippen LogP contribution in [0.15, 0.2) is 83.2 Å². The van der Waals surface area contributed by atoms with E-state index in [1.807, 2.05) is 38.4 Å². The number of amides is 8. The Bertz CT molecular complexity index is 2510. The maximum atomic E-state index is 14.2. The van der Waals surface area contributed by atoms with Gasteiger partial charge < -0.3 is 19.3 Å². The van der Waals surface area contributed by atoms with Crippen LogP contribution in [0.5, 0.6) is 11.5 Å². The Morgan fingerprint density at radius 2 is 0.718 bits per heavy atom. The predicted molar refractivity (Wildman–Crippen MR) is 303 cm³/mol. The average Bonchev–Trinajstić information content (AvgIpc) is 3.78. The molecule has 8 amide bonds. The van der Waals surface area contributed by atoms with Crippen LogP contribution in [-0.2, 0) is 30.0 Å². The van der Waals surface area contributed by atoms with Gasteiger partial charge in [-0.3, -0.25) is 38.8 Å². The van der Waals surface area contributed by atoms with Crippen LogP contribution >= 0.6 is 0 Å². The van der Waals surface area contributed by atoms with Crippen molar-refractivity contribution in [3.8, 4) is 11.5 Å². The lowest BCUT2D eigenvalue weighted by molar-refractivity contribution is -0.141. The van der Waals surface area contributed by atoms with Crippen LogP contribution in [0.1, 0.15) is 193 Å². The summed E-state index contributed by atoms with van der Waals surface area (Å²) in [4.78, 5) is 94.6. The van der Waals surface area contributed by atoms with Gasteiger partial charge in [0, 0.05) is 71.9 Å². The van der Waals surface area contributed by atoms with Gasteiger partial charge in [0.2, 0.25) is 0 Å². The maximum absolute atomic E-state index is 14.2. The lowest BCUT2D eigenvalue weighted by Crippen LogP contribution is -2.62. The molecule has 2 saturated heterocycles. The van der Waals surface area contributed by atoms with Gasteiger partial charge in [0.15, 0.2) is 0 Å². The van der Waals surface area contributed by atoms with Crippen molar-refractivity contribution < 1.29 is 38.2 Å². The normalized spacial score (nSPS) is 23.8. The van der Waals surface area contributed by atoms with E-state index >= 15 is 0 Å². The summed E-state index contributed by atoms with van der Waals surface area (Å²) in [5, 5.41) is 0. The lowest BCUT2D eigenvalue weighted by Gasteiger charge is -2.43. The number of ether oxygens (including phenoxy) is 2. The number of hydrogen-bond donors (Lipinski definition) is 0. The van der Waals surface area contributed by atoms with Gasteiger partial charge in [0.05, 0.1) is 13.2 Å². The summed E-state index contributed by atoms with van der Waals surface area (Å²) >= 11 is 0. The smallest absolute Gasteiger partial charge is 0.334 e. The Morgan fingerprint density at radius 1 is 0.423 bits per heavy atom. The fourth-order valence-electron chi connectivity index (χ4n) is 14.3. The zero-order chi connectivity index (χ0) is 54.9. The topological polar surface area (TPSA) is 140 Å². The SMILES string of the molecule is CN1/C(=C\C=C2C(=O)N(C3CCCCC3)C(=O)N(C3CCCCC3)C2=O)C(C)(C)c2cc(OCCCCCCOc3ccc4c(c3)C(C)(C)/C(=C\C=C3C(=O)N(C5CCCCC5)C(=O)N(C5CCCCC5)C3=O)N4C)ccc21. The molecule has 6 fully saturated rings. The van der Waals surface area contributed by atoms with Crippen LogP contribution in [-0.4, -0.2) is 107 Å². The van der Waals surface area contributed by atoms with E-state index in [2.05, 4.69) is 61.8 Å². The number of urea groups is 2. The predicted octanol–water partition coefficient (Wildman–Crippen LogP) is 12.7. The number of likely N-dealkylation sites (N-methyl/N-ethyl adjacent to an activating group) is 2. The third-order valence-electron chi connectivity index (χ3n) is 18.8. The fourth-order valence-corrected chi connectivity index (χ4v) is 14.3. The van der Waals surface area contributed by atoms with Crippen molar-refractivity contribution in [1.82, 2.24) is 19.6 Å². The van der Waals surface area contributed by atoms with Gasteiger partial charge in [-0.15, -0.1) is 0 Å². The molecule has 14 nitrogen and oxygen atoms in total. The molecule has 0 aromatic heterocycles. The Morgan fingerprint density at radius 3 is 1.01 bits per heavy atom. The van der Waals surface area contributed by atoms with E-state index in [4.69, 9.17) is 9.47 Å². The van der Waals surface area contributed by atoms with Gasteiger partial charge in [-0.25, -0.2) is 9.59 Å². The van der Waals surface area contributed by atoms with Crippen LogP contribution in [0, 0.1) is 0 Å². The van der Waals surface area contributed by atoms with Crippen LogP contribution in [0.2, 0.25) is 0 Å². The van der Waals surface area contributed by atoms with Gasteiger partial charge in [-0.2, -0.15) is 0 Å². The highest BCUT2D eigenvalue weighted by atomic mass is 16.5. The summed E-state index contributed by atoms with van der Waals surface area (Å²) in [6, 6.07) is 10.8. The zero-order valence-corrected chi connectivity index (χ0v) is 47.4. The van der Waals surface area contributed by atoms with Crippen molar-refractivity contribution in [3.05, 3.63) is 94.4 Å². The van der Waals surface area contributed by atoms with E-state index in [1.165, 1.54) is 19.6 Å². The molecule has 0 atom stereocenters. The summed E-state index contributed by atoms with van der Waals surface area (Å²) in [5.74, 6) is -0.253. The molecule has 4 aliphatic carbocycles. The zero-order valence-electron chi connectivity index (χ0n) is 47.4. The van der Waals surface area contributed by atoms with Crippen molar-refractivity contribution in [2.45, 2.75) is 217 Å². The number of carbonyl (C=O) groups excluding carboxylic acids is 6. The first-order valence-corrected chi connectivity index (χ1v) is 29.9. The molecule has 0 N–H and O–H groups in total. The second kappa shape index (κ2) is 23.3. The van der Waals surface area contributed by atoms with Crippen molar-refractivity contribution in [2.24, 2.45) is 0 Å². The molecule has 0 bridgehead atoms. The first-order chi connectivity index (χ1) is 37.6. The quantitative estimate of drug-likeness (QED) is 0.0962. The van der Waals surface area contributed by atoms with Crippen LogP contribution in [0.4, 0.5) is 21.0 Å². The summed E-state index contributed by atoms with van der Waals surface area (Å²) in [6.45, 7) is 9.79. The molecular formula is C64H84N6O8. The van der Waals surface area contributed by atoms with Gasteiger partial charge >= 0.3 is 12.1 Å². The lowest BCUT2D eigenvalue weighted by atomic mass is 9.83. The third-order valence-corrected chi connectivity index (χ3v) is 18.8. The number of rotatable bonds is 15. The molecule has 0 unspecified atom stereocenters. The molecule has 4 heterocycles. The van der Waals surface area contributed by atoms with Crippen LogP contribution in [0.3, 0.4) is 0 Å². The van der Waals surface area contributed by atoms with E-state index in [9.17, 15) is 28.8 Å². The van der Waals surface area contributed by atoms with E-state index in [0.717, 1.165) is 199 Å². The number of anilines is 2. The molecule has 14 heteroatoms. The minimum Gasteiger partial charge on any atom is -0.494 e. The molecule has 4 saturated carbocycles. The highest BCUT2D eigenvalue weighted by Crippen LogP contribution is 2.50. The summed E-state index contributed by atoms with van der Waals surface area (Å²) in [5.41, 5.74) is 5.46.